The molecule has 1 N–H and O–H groups in total. The van der Waals surface area contributed by atoms with Crippen molar-refractivity contribution in [1.82, 2.24) is 10.2 Å². The summed E-state index contributed by atoms with van der Waals surface area (Å²) >= 11 is 29.1. The van der Waals surface area contributed by atoms with E-state index in [1.54, 1.807) is 59.5 Å². The van der Waals surface area contributed by atoms with Crippen molar-refractivity contribution in [2.24, 2.45) is 0 Å². The summed E-state index contributed by atoms with van der Waals surface area (Å²) in [6.45, 7) is 8.61. The molecular formula is C71H103BrCl5FN2O14P2PdS4. The van der Waals surface area contributed by atoms with E-state index >= 15 is 0 Å². The fraction of sp³-hybridized carbons (Fsp3) is 0.479. The molecule has 0 radical (unpaired) electrons. The first-order chi connectivity index (χ1) is 46.1. The van der Waals surface area contributed by atoms with Crippen molar-refractivity contribution in [2.45, 2.75) is 174 Å². The van der Waals surface area contributed by atoms with Crippen LogP contribution in [0.5, 0.6) is 0 Å². The minimum Gasteiger partial charge on any atom is -1.00 e. The largest absolute Gasteiger partial charge is 1.00 e. The molecule has 101 heavy (non-hydrogen) atoms. The van der Waals surface area contributed by atoms with Crippen LogP contribution >= 0.6 is 101 Å². The van der Waals surface area contributed by atoms with Crippen molar-refractivity contribution in [3.05, 3.63) is 148 Å². The molecule has 1 amide bonds. The topological polar surface area (TPSA) is 215 Å². The van der Waals surface area contributed by atoms with Gasteiger partial charge >= 0.3 is 30.0 Å². The van der Waals surface area contributed by atoms with Crippen molar-refractivity contribution >= 4 is 175 Å². The average Bonchev–Trinajstić information content (AvgIpc) is 0.801. The summed E-state index contributed by atoms with van der Waals surface area (Å²) in [5.74, 6) is -1.67. The van der Waals surface area contributed by atoms with Crippen molar-refractivity contribution in [3.8, 4) is 0 Å². The molecule has 0 spiro atoms. The number of alkyl halides is 2. The summed E-state index contributed by atoms with van der Waals surface area (Å²) < 4.78 is 93.0. The first kappa shape index (κ1) is 102. The number of carbonyl (C=O) groups is 5. The van der Waals surface area contributed by atoms with Gasteiger partial charge in [-0.15, -0.1) is 35.0 Å². The third kappa shape index (κ3) is 43.4. The fourth-order valence-electron chi connectivity index (χ4n) is 9.57. The van der Waals surface area contributed by atoms with Gasteiger partial charge in [-0.1, -0.05) is 150 Å². The molecule has 2 aliphatic carbocycles. The van der Waals surface area contributed by atoms with Crippen molar-refractivity contribution < 1.29 is 102 Å². The SMILES string of the molecule is C.C.C.CC(C)(C)OC(=O)N1CCC(S)CC1.COC(=O)/C=C/c1ccccc1Br.COC(=O)/C=C/c1ccccc1S(=O)(=O)C1CCCCC1.COC(=O)/C=C/c1ccccc1S(=O)(=O)C1CCNCC1.COC(=O)/C=C/c1ccccc1SC1CCCCC1.ClCCl.[2H]P(F)[PH+](Cl)Cl.[Cl-].[Pd]. The number of halogens is 7. The Morgan fingerprint density at radius 1 is 0.614 bits per heavy atom. The van der Waals surface area contributed by atoms with Gasteiger partial charge in [-0.2, -0.15) is 16.8 Å². The maximum atomic E-state index is 12.8. The van der Waals surface area contributed by atoms with Crippen molar-refractivity contribution in [3.63, 3.8) is 0 Å². The molecular weight excluding hydrogens is 1680 g/mol. The van der Waals surface area contributed by atoms with E-state index in [0.29, 0.717) is 47.2 Å². The number of hydrogen-bond donors (Lipinski definition) is 2. The minimum atomic E-state index is -3.39. The summed E-state index contributed by atoms with van der Waals surface area (Å²) in [7, 11) is -3.69. The number of likely N-dealkylation sites (tertiary alicyclic amines) is 1. The van der Waals surface area contributed by atoms with Crippen LogP contribution in [-0.2, 0) is 83.0 Å². The van der Waals surface area contributed by atoms with Gasteiger partial charge in [0, 0.05) is 77.7 Å². The molecule has 4 aliphatic rings. The first-order valence-corrected chi connectivity index (χ1v) is 42.4. The maximum absolute atomic E-state index is 12.8. The number of nitrogens with one attached hydrogen (secondary N) is 1. The standard InChI is InChI=1S/C16H20O4S.C16H20O2S.C15H19NO4S.C10H9BrO2.C10H19NO2S.CH2Cl2.3CH4.Cl2FHP2.ClH.Pd/c1-20-16(17)12-11-13-7-5-6-10-15(13)21(18,19)14-8-3-2-4-9-14;1-18-16(17)12-11-13-7-5-6-10-15(13)19-14-8-3-2-4-9-14;1-20-15(17)7-6-12-4-2-3-5-14(12)21(18,19)13-8-10-16-11-9-13;1-13-10(12)7-6-8-4-2-3-5-9(8)11;1-10(2,3)13-9(12)11-6-4-8(14)5-7-11;2-1-3;;;;1-5(2)4-3;;/h5-7,10-12,14H,2-4,8-9H2,1H3;5-7,10-12,14H,2-4,8-9H2,1H3;2-7,13,16H,8-11H2,1H3;2-7H,1H3;8,14H,4-7H2,1-3H3;1H2;3*1H4;4H;1H;/b2*12-11+;2*7-6+;;;;;;;;/i;;;;;;;;;4D;;. The summed E-state index contributed by atoms with van der Waals surface area (Å²) in [5, 5.41) is 3.84. The van der Waals surface area contributed by atoms with Gasteiger partial charge in [0.25, 0.3) is 8.53 Å². The summed E-state index contributed by atoms with van der Waals surface area (Å²) in [4.78, 5) is 59.5. The van der Waals surface area contributed by atoms with Gasteiger partial charge in [-0.05, 0) is 156 Å². The number of benzene rings is 4. The van der Waals surface area contributed by atoms with E-state index in [2.05, 4.69) is 65.0 Å². The Bertz CT molecular complexity index is 3280. The number of piperidine rings is 2. The van der Waals surface area contributed by atoms with Crippen LogP contribution in [0.2, 0.25) is 0 Å². The van der Waals surface area contributed by atoms with Gasteiger partial charge in [0.15, 0.2) is 19.7 Å². The smallest absolute Gasteiger partial charge is 0.410 e. The molecule has 16 nitrogen and oxygen atoms in total. The van der Waals surface area contributed by atoms with E-state index < -0.39 is 52.1 Å². The number of sulfone groups is 2. The molecule has 1 unspecified atom stereocenters. The normalized spacial score (nSPS) is 15.4. The van der Waals surface area contributed by atoms with E-state index in [1.807, 2.05) is 75.0 Å². The van der Waals surface area contributed by atoms with Crippen molar-refractivity contribution in [2.75, 3.05) is 60.0 Å². The molecule has 2 saturated carbocycles. The van der Waals surface area contributed by atoms with Crippen LogP contribution in [0.1, 0.15) is 155 Å². The number of thioether (sulfide) groups is 1. The monoisotopic (exact) mass is 1780 g/mol. The van der Waals surface area contributed by atoms with Gasteiger partial charge in [0.2, 0.25) is 6.32 Å². The molecule has 1 atom stereocenters. The number of methoxy groups -OCH3 is 4. The molecule has 2 heterocycles. The summed E-state index contributed by atoms with van der Waals surface area (Å²) in [6, 6.07) is 29.4. The molecule has 30 heteroatoms. The second-order valence-corrected chi connectivity index (χ2v) is 37.4. The molecule has 0 bridgehead atoms. The van der Waals surface area contributed by atoms with Gasteiger partial charge < -0.3 is 46.3 Å². The zero-order valence-electron chi connectivity index (χ0n) is 56.8. The number of ether oxygens (including phenoxy) is 5. The van der Waals surface area contributed by atoms with Crippen molar-refractivity contribution in [1.29, 1.82) is 1.28 Å². The van der Waals surface area contributed by atoms with Crippen LogP contribution in [0.4, 0.5) is 8.99 Å². The third-order valence-corrected chi connectivity index (χ3v) is 23.4. The van der Waals surface area contributed by atoms with Crippen LogP contribution in [0.25, 0.3) is 24.3 Å². The predicted molar refractivity (Wildman–Crippen MR) is 424 cm³/mol. The number of esters is 4. The van der Waals surface area contributed by atoms with Crippen LogP contribution in [-0.4, -0.2) is 140 Å². The third-order valence-electron chi connectivity index (χ3n) is 14.4. The molecule has 4 fully saturated rings. The molecule has 4 aromatic carbocycles. The molecule has 4 aromatic rings. The first-order valence-electron chi connectivity index (χ1n) is 31.3. The van der Waals surface area contributed by atoms with E-state index in [-0.39, 0.29) is 93.9 Å². The molecule has 574 valence electrons. The van der Waals surface area contributed by atoms with Gasteiger partial charge in [-0.25, -0.2) is 40.8 Å². The Morgan fingerprint density at radius 2 is 0.950 bits per heavy atom. The van der Waals surface area contributed by atoms with E-state index in [0.717, 1.165) is 78.9 Å². The summed E-state index contributed by atoms with van der Waals surface area (Å²) in [5.41, 5.74) is 2.71. The zero-order valence-corrected chi connectivity index (χ0v) is 68.0. The van der Waals surface area contributed by atoms with Crippen LogP contribution in [0, 0.1) is 0 Å². The van der Waals surface area contributed by atoms with Gasteiger partial charge in [0.05, 0.1) is 54.1 Å². The molecule has 8 rings (SSSR count). The Kier molecular flexibility index (Phi) is 59.7. The number of thiol groups is 1. The summed E-state index contributed by atoms with van der Waals surface area (Å²) in [6.07, 6.45) is 24.0. The number of hydrogen-bond acceptors (Lipinski definition) is 17. The Balaban J connectivity index is -0.000000569. The average molecular weight is 1780 g/mol. The Hall–Kier alpha value is -3.07. The fourth-order valence-corrected chi connectivity index (χ4v) is 15.6. The predicted octanol–water partition coefficient (Wildman–Crippen LogP) is 16.9. The quantitative estimate of drug-likeness (QED) is 0.0215. The number of amides is 1. The number of rotatable bonds is 15. The number of nitrogens with zero attached hydrogens (tertiary/aromatic N) is 1. The van der Waals surface area contributed by atoms with Gasteiger partial charge in [-0.3, -0.25) is 0 Å². The molecule has 2 aliphatic heterocycles. The van der Waals surface area contributed by atoms with Crippen LogP contribution in [0.3, 0.4) is 0 Å². The second kappa shape index (κ2) is 59.0. The molecule has 2 saturated heterocycles. The maximum Gasteiger partial charge on any atom is 0.410 e. The van der Waals surface area contributed by atoms with Crippen LogP contribution < -0.4 is 17.7 Å². The Labute approximate surface area is 664 Å². The van der Waals surface area contributed by atoms with E-state index in [9.17, 15) is 45.0 Å². The second-order valence-electron chi connectivity index (χ2n) is 22.4. The van der Waals surface area contributed by atoms with E-state index in [1.165, 1.54) is 102 Å². The zero-order chi connectivity index (χ0) is 72.4. The van der Waals surface area contributed by atoms with E-state index in [4.69, 9.17) is 51.7 Å². The van der Waals surface area contributed by atoms with Crippen LogP contribution in [0.15, 0.2) is 141 Å². The molecule has 0 aromatic heterocycles. The minimum absolute atomic E-state index is 0. The van der Waals surface area contributed by atoms with Gasteiger partial charge in [0.1, 0.15) is 29.4 Å². The number of carbonyl (C=O) groups excluding carboxylic acids is 5. The Morgan fingerprint density at radius 3 is 1.34 bits per heavy atom.